The first-order chi connectivity index (χ1) is 10.1. The van der Waals surface area contributed by atoms with E-state index >= 15 is 0 Å². The van der Waals surface area contributed by atoms with E-state index in [4.69, 9.17) is 4.74 Å². The van der Waals surface area contributed by atoms with Crippen LogP contribution in [-0.2, 0) is 6.54 Å². The molecule has 0 saturated carbocycles. The fourth-order valence-electron chi connectivity index (χ4n) is 1.94. The number of para-hydroxylation sites is 2. The highest BCUT2D eigenvalue weighted by molar-refractivity contribution is 5.56. The highest BCUT2D eigenvalue weighted by atomic mass is 19.1. The van der Waals surface area contributed by atoms with E-state index in [1.807, 2.05) is 30.3 Å². The molecule has 0 heterocycles. The number of aryl methyl sites for hydroxylation is 1. The zero-order valence-corrected chi connectivity index (χ0v) is 12.8. The molecule has 1 N–H and O–H groups in total. The summed E-state index contributed by atoms with van der Waals surface area (Å²) >= 11 is 0. The standard InChI is InChI=1S/C18H22FNO/c1-13(2)12-21-18-7-5-4-6-17(18)20-11-15-9-8-14(3)16(19)10-15/h4-10,13,20H,11-12H2,1-3H3. The Morgan fingerprint density at radius 2 is 1.90 bits per heavy atom. The van der Waals surface area contributed by atoms with Crippen molar-refractivity contribution in [1.82, 2.24) is 0 Å². The van der Waals surface area contributed by atoms with Crippen LogP contribution < -0.4 is 10.1 Å². The smallest absolute Gasteiger partial charge is 0.142 e. The minimum absolute atomic E-state index is 0.168. The Morgan fingerprint density at radius 1 is 1.14 bits per heavy atom. The molecule has 21 heavy (non-hydrogen) atoms. The van der Waals surface area contributed by atoms with Gasteiger partial charge in [-0.1, -0.05) is 38.1 Å². The highest BCUT2D eigenvalue weighted by Gasteiger charge is 2.05. The third-order valence-corrected chi connectivity index (χ3v) is 3.18. The minimum Gasteiger partial charge on any atom is -0.491 e. The Hall–Kier alpha value is -2.03. The van der Waals surface area contributed by atoms with Crippen molar-refractivity contribution < 1.29 is 9.13 Å². The van der Waals surface area contributed by atoms with Crippen molar-refractivity contribution in [1.29, 1.82) is 0 Å². The highest BCUT2D eigenvalue weighted by Crippen LogP contribution is 2.25. The number of halogens is 1. The average Bonchev–Trinajstić information content (AvgIpc) is 2.47. The number of ether oxygens (including phenoxy) is 1. The van der Waals surface area contributed by atoms with Crippen molar-refractivity contribution >= 4 is 5.69 Å². The Morgan fingerprint density at radius 3 is 2.62 bits per heavy atom. The molecule has 2 rings (SSSR count). The van der Waals surface area contributed by atoms with Crippen molar-refractivity contribution in [2.45, 2.75) is 27.3 Å². The van der Waals surface area contributed by atoms with Crippen molar-refractivity contribution in [2.24, 2.45) is 5.92 Å². The van der Waals surface area contributed by atoms with Crippen molar-refractivity contribution in [2.75, 3.05) is 11.9 Å². The lowest BCUT2D eigenvalue weighted by Gasteiger charge is -2.14. The van der Waals surface area contributed by atoms with Gasteiger partial charge in [0.1, 0.15) is 11.6 Å². The van der Waals surface area contributed by atoms with E-state index in [2.05, 4.69) is 19.2 Å². The molecule has 0 unspecified atom stereocenters. The molecule has 0 bridgehead atoms. The molecule has 0 radical (unpaired) electrons. The van der Waals surface area contributed by atoms with Crippen LogP contribution in [-0.4, -0.2) is 6.61 Å². The van der Waals surface area contributed by atoms with Gasteiger partial charge < -0.3 is 10.1 Å². The van der Waals surface area contributed by atoms with Crippen LogP contribution in [0, 0.1) is 18.7 Å². The molecule has 2 aromatic rings. The summed E-state index contributed by atoms with van der Waals surface area (Å²) < 4.78 is 19.3. The fraction of sp³-hybridized carbons (Fsp3) is 0.333. The number of anilines is 1. The topological polar surface area (TPSA) is 21.3 Å². The lowest BCUT2D eigenvalue weighted by Crippen LogP contribution is -2.07. The van der Waals surface area contributed by atoms with E-state index in [0.29, 0.717) is 24.6 Å². The van der Waals surface area contributed by atoms with Gasteiger partial charge in [0.25, 0.3) is 0 Å². The predicted molar refractivity (Wildman–Crippen MR) is 85.2 cm³/mol. The normalized spacial score (nSPS) is 10.7. The molecular formula is C18H22FNO. The number of benzene rings is 2. The third kappa shape index (κ3) is 4.48. The molecule has 0 amide bonds. The van der Waals surface area contributed by atoms with Gasteiger partial charge in [0.2, 0.25) is 0 Å². The molecule has 0 saturated heterocycles. The van der Waals surface area contributed by atoms with Gasteiger partial charge in [0.15, 0.2) is 0 Å². The maximum absolute atomic E-state index is 13.5. The lowest BCUT2D eigenvalue weighted by molar-refractivity contribution is 0.272. The number of rotatable bonds is 6. The number of nitrogens with one attached hydrogen (secondary N) is 1. The summed E-state index contributed by atoms with van der Waals surface area (Å²) in [6.07, 6.45) is 0. The first-order valence-corrected chi connectivity index (χ1v) is 7.27. The zero-order chi connectivity index (χ0) is 15.2. The first-order valence-electron chi connectivity index (χ1n) is 7.27. The first kappa shape index (κ1) is 15.4. The number of hydrogen-bond acceptors (Lipinski definition) is 2. The van der Waals surface area contributed by atoms with Crippen LogP contribution in [0.3, 0.4) is 0 Å². The quantitative estimate of drug-likeness (QED) is 0.825. The van der Waals surface area contributed by atoms with Crippen LogP contribution in [0.1, 0.15) is 25.0 Å². The van der Waals surface area contributed by atoms with Crippen molar-refractivity contribution in [3.05, 3.63) is 59.4 Å². The van der Waals surface area contributed by atoms with Crippen molar-refractivity contribution in [3.8, 4) is 5.75 Å². The van der Waals surface area contributed by atoms with Crippen LogP contribution in [0.15, 0.2) is 42.5 Å². The van der Waals surface area contributed by atoms with E-state index in [-0.39, 0.29) is 5.82 Å². The average molecular weight is 287 g/mol. The van der Waals surface area contributed by atoms with Crippen molar-refractivity contribution in [3.63, 3.8) is 0 Å². The molecule has 0 aliphatic heterocycles. The van der Waals surface area contributed by atoms with Gasteiger partial charge in [0.05, 0.1) is 12.3 Å². The summed E-state index contributed by atoms with van der Waals surface area (Å²) in [5.74, 6) is 1.14. The molecule has 0 aromatic heterocycles. The van der Waals surface area contributed by atoms with E-state index in [9.17, 15) is 4.39 Å². The van der Waals surface area contributed by atoms with E-state index in [1.165, 1.54) is 0 Å². The fourth-order valence-corrected chi connectivity index (χ4v) is 1.94. The van der Waals surface area contributed by atoms with E-state index < -0.39 is 0 Å². The van der Waals surface area contributed by atoms with Crippen LogP contribution in [0.5, 0.6) is 5.75 Å². The summed E-state index contributed by atoms with van der Waals surface area (Å²) in [7, 11) is 0. The Kier molecular flexibility index (Phi) is 5.20. The van der Waals surface area contributed by atoms with Gasteiger partial charge in [-0.3, -0.25) is 0 Å². The molecular weight excluding hydrogens is 265 g/mol. The zero-order valence-electron chi connectivity index (χ0n) is 12.8. The number of hydrogen-bond donors (Lipinski definition) is 1. The molecule has 0 fully saturated rings. The van der Waals surface area contributed by atoms with Gasteiger partial charge in [-0.15, -0.1) is 0 Å². The largest absolute Gasteiger partial charge is 0.491 e. The van der Waals surface area contributed by atoms with E-state index in [0.717, 1.165) is 17.0 Å². The lowest BCUT2D eigenvalue weighted by atomic mass is 10.1. The van der Waals surface area contributed by atoms with Gasteiger partial charge in [-0.25, -0.2) is 4.39 Å². The Labute approximate surface area is 126 Å². The summed E-state index contributed by atoms with van der Waals surface area (Å²) in [5.41, 5.74) is 2.51. The molecule has 0 spiro atoms. The van der Waals surface area contributed by atoms with Crippen LogP contribution in [0.25, 0.3) is 0 Å². The Balaban J connectivity index is 2.03. The summed E-state index contributed by atoms with van der Waals surface area (Å²) in [5, 5.41) is 3.31. The molecule has 2 aromatic carbocycles. The molecule has 0 atom stereocenters. The van der Waals surface area contributed by atoms with Gasteiger partial charge in [-0.2, -0.15) is 0 Å². The molecule has 3 heteroatoms. The van der Waals surface area contributed by atoms with Gasteiger partial charge in [0, 0.05) is 6.54 Å². The SMILES string of the molecule is Cc1ccc(CNc2ccccc2OCC(C)C)cc1F. The maximum Gasteiger partial charge on any atom is 0.142 e. The molecule has 0 aliphatic rings. The molecule has 2 nitrogen and oxygen atoms in total. The molecule has 112 valence electrons. The van der Waals surface area contributed by atoms with E-state index in [1.54, 1.807) is 19.1 Å². The van der Waals surface area contributed by atoms with Crippen LogP contribution in [0.4, 0.5) is 10.1 Å². The van der Waals surface area contributed by atoms with Crippen LogP contribution in [0.2, 0.25) is 0 Å². The van der Waals surface area contributed by atoms with Crippen LogP contribution >= 0.6 is 0 Å². The second kappa shape index (κ2) is 7.11. The van der Waals surface area contributed by atoms with Gasteiger partial charge in [-0.05, 0) is 42.2 Å². The van der Waals surface area contributed by atoms with Gasteiger partial charge >= 0.3 is 0 Å². The summed E-state index contributed by atoms with van der Waals surface area (Å²) in [4.78, 5) is 0. The second-order valence-corrected chi connectivity index (χ2v) is 5.64. The second-order valence-electron chi connectivity index (χ2n) is 5.64. The Bertz CT molecular complexity index is 596. The minimum atomic E-state index is -0.168. The monoisotopic (exact) mass is 287 g/mol. The predicted octanol–water partition coefficient (Wildman–Crippen LogP) is 4.78. The molecule has 0 aliphatic carbocycles. The maximum atomic E-state index is 13.5. The third-order valence-electron chi connectivity index (χ3n) is 3.18. The summed E-state index contributed by atoms with van der Waals surface area (Å²) in [6.45, 7) is 7.24. The summed E-state index contributed by atoms with van der Waals surface area (Å²) in [6, 6.07) is 13.1.